The molecule has 0 unspecified atom stereocenters. The van der Waals surface area contributed by atoms with Crippen molar-refractivity contribution in [2.75, 3.05) is 11.4 Å². The molecule has 0 atom stereocenters. The van der Waals surface area contributed by atoms with Crippen LogP contribution in [0, 0.1) is 0 Å². The van der Waals surface area contributed by atoms with Crippen LogP contribution in [0.25, 0.3) is 0 Å². The van der Waals surface area contributed by atoms with Gasteiger partial charge in [-0.05, 0) is 0 Å². The number of rotatable bonds is 1. The van der Waals surface area contributed by atoms with Gasteiger partial charge >= 0.3 is 0 Å². The highest BCUT2D eigenvalue weighted by Crippen LogP contribution is 2.14. The van der Waals surface area contributed by atoms with Crippen molar-refractivity contribution in [1.82, 2.24) is 24.5 Å². The second-order valence-corrected chi connectivity index (χ2v) is 3.40. The lowest BCUT2D eigenvalue weighted by Gasteiger charge is -2.27. The van der Waals surface area contributed by atoms with Crippen molar-refractivity contribution in [2.24, 2.45) is 0 Å². The largest absolute Gasteiger partial charge is 0.332 e. The van der Waals surface area contributed by atoms with Crippen LogP contribution in [-0.4, -0.2) is 31.0 Å². The number of hydrogen-bond donors (Lipinski definition) is 0. The van der Waals surface area contributed by atoms with Crippen LogP contribution in [0.1, 0.15) is 5.82 Å². The molecule has 0 saturated heterocycles. The summed E-state index contributed by atoms with van der Waals surface area (Å²) in [6.07, 6.45) is 6.86. The van der Waals surface area contributed by atoms with Gasteiger partial charge in [-0.2, -0.15) is 0 Å². The van der Waals surface area contributed by atoms with E-state index in [1.54, 1.807) is 0 Å². The van der Waals surface area contributed by atoms with Crippen molar-refractivity contribution in [3.8, 4) is 0 Å². The minimum absolute atomic E-state index is 0.722. The van der Waals surface area contributed by atoms with Crippen molar-refractivity contribution in [3.63, 3.8) is 0 Å². The van der Waals surface area contributed by atoms with E-state index in [0.29, 0.717) is 0 Å². The number of imidazole rings is 1. The molecule has 0 aromatic carbocycles. The van der Waals surface area contributed by atoms with E-state index < -0.39 is 0 Å². The Morgan fingerprint density at radius 1 is 1.07 bits per heavy atom. The van der Waals surface area contributed by atoms with E-state index in [4.69, 9.17) is 0 Å². The van der Waals surface area contributed by atoms with Crippen LogP contribution >= 0.6 is 0 Å². The van der Waals surface area contributed by atoms with E-state index in [2.05, 4.69) is 29.4 Å². The number of nitrogens with zero attached hydrogens (tertiary/aromatic N) is 6. The third-order valence-corrected chi connectivity index (χ3v) is 2.51. The Kier molecular flexibility index (Phi) is 1.84. The van der Waals surface area contributed by atoms with E-state index >= 15 is 0 Å². The second kappa shape index (κ2) is 3.30. The van der Waals surface area contributed by atoms with Crippen molar-refractivity contribution in [2.45, 2.75) is 13.1 Å². The average Bonchev–Trinajstić information content (AvgIpc) is 2.77. The Labute approximate surface area is 86.6 Å². The van der Waals surface area contributed by atoms with Gasteiger partial charge in [0.05, 0.1) is 6.54 Å². The first-order chi connectivity index (χ1) is 7.43. The maximum absolute atomic E-state index is 4.28. The summed E-state index contributed by atoms with van der Waals surface area (Å²) in [6.45, 7) is 2.60. The van der Waals surface area contributed by atoms with Gasteiger partial charge in [-0.15, -0.1) is 0 Å². The molecule has 0 spiro atoms. The monoisotopic (exact) mass is 202 g/mol. The predicted molar refractivity (Wildman–Crippen MR) is 53.1 cm³/mol. The summed E-state index contributed by atoms with van der Waals surface area (Å²) in [6, 6.07) is 0. The van der Waals surface area contributed by atoms with Gasteiger partial charge < -0.3 is 9.47 Å². The Morgan fingerprint density at radius 2 is 1.93 bits per heavy atom. The van der Waals surface area contributed by atoms with Crippen LogP contribution in [0.15, 0.2) is 25.0 Å². The molecule has 0 bridgehead atoms. The summed E-state index contributed by atoms with van der Waals surface area (Å²) >= 11 is 0. The predicted octanol–water partition coefficient (Wildman–Crippen LogP) is 0.0883. The molecule has 0 radical (unpaired) electrons. The maximum Gasteiger partial charge on any atom is 0.228 e. The minimum Gasteiger partial charge on any atom is -0.332 e. The van der Waals surface area contributed by atoms with Crippen molar-refractivity contribution in [1.29, 1.82) is 0 Å². The molecule has 15 heavy (non-hydrogen) atoms. The molecule has 0 fully saturated rings. The first-order valence-electron chi connectivity index (χ1n) is 4.80. The van der Waals surface area contributed by atoms with Crippen LogP contribution < -0.4 is 4.90 Å². The summed E-state index contributed by atoms with van der Waals surface area (Å²) in [4.78, 5) is 18.4. The smallest absolute Gasteiger partial charge is 0.228 e. The van der Waals surface area contributed by atoms with E-state index in [0.717, 1.165) is 31.4 Å². The topological polar surface area (TPSA) is 59.7 Å². The molecular formula is C9H10N6. The van der Waals surface area contributed by atoms with Gasteiger partial charge in [-0.3, -0.25) is 0 Å². The van der Waals surface area contributed by atoms with Crippen molar-refractivity contribution >= 4 is 5.95 Å². The lowest BCUT2D eigenvalue weighted by molar-refractivity contribution is 0.550. The molecule has 0 amide bonds. The highest BCUT2D eigenvalue weighted by Gasteiger charge is 2.18. The standard InChI is InChI=1S/C9H10N6/c1-2-14-3-4-15(5-8(14)11-1)9-12-6-10-7-13-9/h1-2,6-7H,3-5H2. The average molecular weight is 202 g/mol. The Morgan fingerprint density at radius 3 is 2.80 bits per heavy atom. The molecule has 0 aliphatic carbocycles. The van der Waals surface area contributed by atoms with Crippen LogP contribution in [0.4, 0.5) is 5.95 Å². The van der Waals surface area contributed by atoms with Gasteiger partial charge in [0, 0.05) is 25.5 Å². The van der Waals surface area contributed by atoms with Gasteiger partial charge in [0.15, 0.2) is 0 Å². The zero-order valence-electron chi connectivity index (χ0n) is 8.11. The lowest BCUT2D eigenvalue weighted by atomic mass is 10.4. The van der Waals surface area contributed by atoms with Crippen LogP contribution in [0.2, 0.25) is 0 Å². The van der Waals surface area contributed by atoms with E-state index in [9.17, 15) is 0 Å². The number of aromatic nitrogens is 5. The molecule has 6 heteroatoms. The number of hydrogen-bond acceptors (Lipinski definition) is 5. The molecule has 1 aliphatic heterocycles. The third kappa shape index (κ3) is 1.43. The van der Waals surface area contributed by atoms with Gasteiger partial charge in [0.25, 0.3) is 0 Å². The second-order valence-electron chi connectivity index (χ2n) is 3.40. The molecular weight excluding hydrogens is 192 g/mol. The maximum atomic E-state index is 4.28. The first-order valence-corrected chi connectivity index (χ1v) is 4.80. The lowest BCUT2D eigenvalue weighted by Crippen LogP contribution is -2.34. The molecule has 76 valence electrons. The SMILES string of the molecule is c1ncnc(N2CCn3ccnc3C2)n1. The number of fused-ring (bicyclic) bond motifs is 1. The summed E-state index contributed by atoms with van der Waals surface area (Å²) in [5.41, 5.74) is 0. The van der Waals surface area contributed by atoms with E-state index in [-0.39, 0.29) is 0 Å². The minimum atomic E-state index is 0.722. The molecule has 1 aliphatic rings. The van der Waals surface area contributed by atoms with Crippen molar-refractivity contribution < 1.29 is 0 Å². The van der Waals surface area contributed by atoms with Gasteiger partial charge in [0.1, 0.15) is 18.5 Å². The fraction of sp³-hybridized carbons (Fsp3) is 0.333. The Bertz CT molecular complexity index is 451. The Hall–Kier alpha value is -1.98. The highest BCUT2D eigenvalue weighted by molar-refractivity contribution is 5.29. The fourth-order valence-corrected chi connectivity index (χ4v) is 1.74. The molecule has 0 N–H and O–H groups in total. The summed E-state index contributed by atoms with van der Waals surface area (Å²) < 4.78 is 2.15. The van der Waals surface area contributed by atoms with Crippen LogP contribution in [0.5, 0.6) is 0 Å². The molecule has 3 heterocycles. The molecule has 0 saturated carbocycles. The zero-order chi connectivity index (χ0) is 10.1. The highest BCUT2D eigenvalue weighted by atomic mass is 15.3. The van der Waals surface area contributed by atoms with Gasteiger partial charge in [-0.1, -0.05) is 0 Å². The zero-order valence-corrected chi connectivity index (χ0v) is 8.11. The molecule has 3 rings (SSSR count). The molecule has 6 nitrogen and oxygen atoms in total. The van der Waals surface area contributed by atoms with E-state index in [1.807, 2.05) is 12.4 Å². The third-order valence-electron chi connectivity index (χ3n) is 2.51. The van der Waals surface area contributed by atoms with Crippen LogP contribution in [0.3, 0.4) is 0 Å². The normalized spacial score (nSPS) is 15.1. The number of anilines is 1. The van der Waals surface area contributed by atoms with Gasteiger partial charge in [-0.25, -0.2) is 19.9 Å². The van der Waals surface area contributed by atoms with Crippen LogP contribution in [-0.2, 0) is 13.1 Å². The summed E-state index contributed by atoms with van der Waals surface area (Å²) in [7, 11) is 0. The first kappa shape index (κ1) is 8.34. The molecule has 2 aromatic rings. The fourth-order valence-electron chi connectivity index (χ4n) is 1.74. The summed E-state index contributed by atoms with van der Waals surface area (Å²) in [5.74, 6) is 1.78. The molecule has 2 aromatic heterocycles. The summed E-state index contributed by atoms with van der Waals surface area (Å²) in [5, 5.41) is 0. The quantitative estimate of drug-likeness (QED) is 0.655. The van der Waals surface area contributed by atoms with Gasteiger partial charge in [0.2, 0.25) is 5.95 Å². The Balaban J connectivity index is 1.88. The van der Waals surface area contributed by atoms with Crippen molar-refractivity contribution in [3.05, 3.63) is 30.9 Å². The van der Waals surface area contributed by atoms with E-state index in [1.165, 1.54) is 12.7 Å².